The van der Waals surface area contributed by atoms with Crippen molar-refractivity contribution in [1.29, 1.82) is 0 Å². The predicted molar refractivity (Wildman–Crippen MR) is 112 cm³/mol. The van der Waals surface area contributed by atoms with E-state index in [-0.39, 0.29) is 15.3 Å². The zero-order valence-electron chi connectivity index (χ0n) is 15.6. The second-order valence-electron chi connectivity index (χ2n) is 6.36. The molecule has 150 valence electrons. The maximum Gasteiger partial charge on any atom is 0.335 e. The first-order valence-corrected chi connectivity index (χ1v) is 10.9. The van der Waals surface area contributed by atoms with Crippen LogP contribution in [0, 0.1) is 13.8 Å². The van der Waals surface area contributed by atoms with Gasteiger partial charge in [-0.3, -0.25) is 9.52 Å². The molecule has 0 aliphatic carbocycles. The van der Waals surface area contributed by atoms with E-state index >= 15 is 0 Å². The molecule has 0 saturated carbocycles. The summed E-state index contributed by atoms with van der Waals surface area (Å²) >= 11 is 0.987. The first-order valence-electron chi connectivity index (χ1n) is 8.49. The van der Waals surface area contributed by atoms with Crippen molar-refractivity contribution in [1.82, 2.24) is 0 Å². The quantitative estimate of drug-likeness (QED) is 0.545. The molecule has 3 rings (SSSR count). The number of benzene rings is 2. The van der Waals surface area contributed by atoms with Gasteiger partial charge in [0.25, 0.3) is 15.9 Å². The van der Waals surface area contributed by atoms with Gasteiger partial charge in [-0.25, -0.2) is 13.2 Å². The van der Waals surface area contributed by atoms with Gasteiger partial charge in [-0.15, -0.1) is 11.3 Å². The topological polar surface area (TPSA) is 113 Å². The molecular formula is C20H18N2O5S2. The molecule has 3 aromatic rings. The van der Waals surface area contributed by atoms with E-state index < -0.39 is 21.9 Å². The number of carboxylic acids is 1. The Hall–Kier alpha value is -3.17. The molecule has 0 spiro atoms. The van der Waals surface area contributed by atoms with E-state index in [9.17, 15) is 18.0 Å². The Morgan fingerprint density at radius 2 is 1.66 bits per heavy atom. The normalized spacial score (nSPS) is 11.1. The number of nitrogens with one attached hydrogen (secondary N) is 2. The predicted octanol–water partition coefficient (Wildman–Crippen LogP) is 4.12. The van der Waals surface area contributed by atoms with Crippen LogP contribution >= 0.6 is 11.3 Å². The van der Waals surface area contributed by atoms with Crippen LogP contribution in [0.2, 0.25) is 0 Å². The first kappa shape index (κ1) is 20.6. The van der Waals surface area contributed by atoms with Crippen LogP contribution in [-0.2, 0) is 10.0 Å². The molecule has 0 aliphatic heterocycles. The third-order valence-corrected chi connectivity index (χ3v) is 6.65. The van der Waals surface area contributed by atoms with Crippen molar-refractivity contribution in [2.24, 2.45) is 0 Å². The third kappa shape index (κ3) is 4.64. The number of amides is 1. The van der Waals surface area contributed by atoms with Crippen molar-refractivity contribution < 1.29 is 23.1 Å². The Kier molecular flexibility index (Phi) is 5.71. The zero-order chi connectivity index (χ0) is 21.2. The molecule has 0 atom stereocenters. The minimum atomic E-state index is -3.84. The molecule has 0 radical (unpaired) electrons. The average molecular weight is 431 g/mol. The molecule has 0 fully saturated rings. The molecule has 0 unspecified atom stereocenters. The molecule has 3 N–H and O–H groups in total. The van der Waals surface area contributed by atoms with Gasteiger partial charge in [-0.1, -0.05) is 24.3 Å². The summed E-state index contributed by atoms with van der Waals surface area (Å²) in [4.78, 5) is 23.8. The summed E-state index contributed by atoms with van der Waals surface area (Å²) in [7, 11) is -3.84. The van der Waals surface area contributed by atoms with Crippen molar-refractivity contribution in [3.8, 4) is 0 Å². The number of anilines is 2. The number of carbonyl (C=O) groups is 2. The fraction of sp³-hybridized carbons (Fsp3) is 0.100. The summed E-state index contributed by atoms with van der Waals surface area (Å²) in [6, 6.07) is 12.7. The molecule has 7 nitrogen and oxygen atoms in total. The minimum Gasteiger partial charge on any atom is -0.478 e. The van der Waals surface area contributed by atoms with Gasteiger partial charge in [0.1, 0.15) is 0 Å². The van der Waals surface area contributed by atoms with Crippen LogP contribution in [0.15, 0.2) is 58.8 Å². The molecule has 29 heavy (non-hydrogen) atoms. The fourth-order valence-electron chi connectivity index (χ4n) is 2.54. The number of carboxylic acid groups (broad SMARTS) is 1. The van der Waals surface area contributed by atoms with Gasteiger partial charge in [0.15, 0.2) is 0 Å². The fourth-order valence-corrected chi connectivity index (χ4v) is 4.84. The molecule has 0 saturated heterocycles. The van der Waals surface area contributed by atoms with Crippen molar-refractivity contribution in [2.45, 2.75) is 18.7 Å². The number of aryl methyl sites for hydroxylation is 2. The van der Waals surface area contributed by atoms with Crippen molar-refractivity contribution >= 4 is 44.6 Å². The Bertz CT molecular complexity index is 1200. The molecule has 1 amide bonds. The van der Waals surface area contributed by atoms with Crippen LogP contribution in [0.4, 0.5) is 11.4 Å². The molecule has 2 aromatic carbocycles. The molecule has 1 heterocycles. The lowest BCUT2D eigenvalue weighted by Crippen LogP contribution is -2.14. The van der Waals surface area contributed by atoms with Crippen LogP contribution in [0.25, 0.3) is 0 Å². The number of sulfonamides is 1. The highest BCUT2D eigenvalue weighted by atomic mass is 32.2. The van der Waals surface area contributed by atoms with E-state index in [1.807, 2.05) is 6.07 Å². The number of aromatic carboxylic acids is 1. The zero-order valence-corrected chi connectivity index (χ0v) is 17.2. The molecule has 9 heteroatoms. The van der Waals surface area contributed by atoms with E-state index in [1.165, 1.54) is 23.6 Å². The average Bonchev–Trinajstić information content (AvgIpc) is 3.16. The minimum absolute atomic E-state index is 0.0214. The summed E-state index contributed by atoms with van der Waals surface area (Å²) < 4.78 is 27.8. The van der Waals surface area contributed by atoms with E-state index in [0.29, 0.717) is 16.9 Å². The number of hydrogen-bond acceptors (Lipinski definition) is 5. The standard InChI is InChI=1S/C20H18N2O5S2/c1-12-5-3-4-6-16(12)22-29(26,27)15-10-18(28-11-15)19(23)21-17-9-14(20(24)25)8-7-13(17)2/h3-11,22H,1-2H3,(H,21,23)(H,24,25). The number of para-hydroxylation sites is 1. The molecule has 0 bridgehead atoms. The van der Waals surface area contributed by atoms with E-state index in [4.69, 9.17) is 5.11 Å². The molecule has 0 aliphatic rings. The van der Waals surface area contributed by atoms with E-state index in [1.54, 1.807) is 38.1 Å². The van der Waals surface area contributed by atoms with Gasteiger partial charge >= 0.3 is 5.97 Å². The van der Waals surface area contributed by atoms with Gasteiger partial charge in [-0.05, 0) is 49.2 Å². The largest absolute Gasteiger partial charge is 0.478 e. The number of carbonyl (C=O) groups excluding carboxylic acids is 1. The Balaban J connectivity index is 1.81. The van der Waals surface area contributed by atoms with Crippen LogP contribution < -0.4 is 10.0 Å². The summed E-state index contributed by atoms with van der Waals surface area (Å²) in [5, 5.41) is 13.1. The van der Waals surface area contributed by atoms with Gasteiger partial charge < -0.3 is 10.4 Å². The van der Waals surface area contributed by atoms with Crippen molar-refractivity contribution in [3.63, 3.8) is 0 Å². The molecule has 1 aromatic heterocycles. The van der Waals surface area contributed by atoms with Crippen molar-refractivity contribution in [3.05, 3.63) is 75.5 Å². The van der Waals surface area contributed by atoms with Crippen LogP contribution in [0.3, 0.4) is 0 Å². The Morgan fingerprint density at radius 1 is 0.966 bits per heavy atom. The first-order chi connectivity index (χ1) is 13.7. The highest BCUT2D eigenvalue weighted by molar-refractivity contribution is 7.92. The van der Waals surface area contributed by atoms with Crippen LogP contribution in [0.1, 0.15) is 31.2 Å². The van der Waals surface area contributed by atoms with Gasteiger partial charge in [0, 0.05) is 11.1 Å². The van der Waals surface area contributed by atoms with Crippen LogP contribution in [0.5, 0.6) is 0 Å². The number of hydrogen-bond donors (Lipinski definition) is 3. The van der Waals surface area contributed by atoms with E-state index in [2.05, 4.69) is 10.0 Å². The van der Waals surface area contributed by atoms with Gasteiger partial charge in [0.2, 0.25) is 0 Å². The SMILES string of the molecule is Cc1ccc(C(=O)O)cc1NC(=O)c1cc(S(=O)(=O)Nc2ccccc2C)cs1. The second-order valence-corrected chi connectivity index (χ2v) is 8.95. The lowest BCUT2D eigenvalue weighted by molar-refractivity contribution is 0.0696. The summed E-state index contributed by atoms with van der Waals surface area (Å²) in [5.41, 5.74) is 2.33. The van der Waals surface area contributed by atoms with E-state index in [0.717, 1.165) is 16.9 Å². The summed E-state index contributed by atoms with van der Waals surface area (Å²) in [5.74, 6) is -1.62. The maximum absolute atomic E-state index is 12.6. The summed E-state index contributed by atoms with van der Waals surface area (Å²) in [6.45, 7) is 3.52. The van der Waals surface area contributed by atoms with Crippen LogP contribution in [-0.4, -0.2) is 25.4 Å². The van der Waals surface area contributed by atoms with Gasteiger partial charge in [0.05, 0.1) is 21.0 Å². The molecular weight excluding hydrogens is 412 g/mol. The highest BCUT2D eigenvalue weighted by Crippen LogP contribution is 2.25. The smallest absolute Gasteiger partial charge is 0.335 e. The third-order valence-electron chi connectivity index (χ3n) is 4.23. The highest BCUT2D eigenvalue weighted by Gasteiger charge is 2.20. The number of thiophene rings is 1. The Labute approximate surface area is 172 Å². The van der Waals surface area contributed by atoms with Crippen molar-refractivity contribution in [2.75, 3.05) is 10.0 Å². The lowest BCUT2D eigenvalue weighted by atomic mass is 10.1. The van der Waals surface area contributed by atoms with Gasteiger partial charge in [-0.2, -0.15) is 0 Å². The summed E-state index contributed by atoms with van der Waals surface area (Å²) in [6.07, 6.45) is 0. The number of rotatable bonds is 6. The Morgan fingerprint density at radius 3 is 2.34 bits per heavy atom. The maximum atomic E-state index is 12.6. The monoisotopic (exact) mass is 430 g/mol. The second kappa shape index (κ2) is 8.06. The lowest BCUT2D eigenvalue weighted by Gasteiger charge is -2.09.